The molecule has 0 saturated heterocycles. The minimum Gasteiger partial charge on any atom is -0.384 e. The van der Waals surface area contributed by atoms with Crippen LogP contribution in [0.25, 0.3) is 0 Å². The van der Waals surface area contributed by atoms with Crippen molar-refractivity contribution < 1.29 is 4.79 Å². The summed E-state index contributed by atoms with van der Waals surface area (Å²) in [5, 5.41) is 6.50. The van der Waals surface area contributed by atoms with E-state index in [1.807, 2.05) is 25.1 Å². The minimum atomic E-state index is 0.0553. The van der Waals surface area contributed by atoms with Gasteiger partial charge in [0.1, 0.15) is 0 Å². The van der Waals surface area contributed by atoms with Gasteiger partial charge < -0.3 is 10.6 Å². The maximum absolute atomic E-state index is 12.5. The normalized spacial score (nSPS) is 15.6. The Hall–Kier alpha value is -1.51. The molecular weight excluding hydrogens is 260 g/mol. The van der Waals surface area contributed by atoms with E-state index in [1.165, 1.54) is 25.7 Å². The number of nitrogens with one attached hydrogen (secondary N) is 2. The van der Waals surface area contributed by atoms with E-state index in [0.717, 1.165) is 36.3 Å². The fraction of sp³-hybridized carbons (Fsp3) is 0.611. The van der Waals surface area contributed by atoms with Crippen molar-refractivity contribution in [3.8, 4) is 0 Å². The van der Waals surface area contributed by atoms with Gasteiger partial charge in [0.25, 0.3) is 5.91 Å². The van der Waals surface area contributed by atoms with Crippen LogP contribution in [0, 0.1) is 12.3 Å². The summed E-state index contributed by atoms with van der Waals surface area (Å²) in [7, 11) is 0. The van der Waals surface area contributed by atoms with Gasteiger partial charge in [-0.15, -0.1) is 0 Å². The first-order valence-electron chi connectivity index (χ1n) is 8.23. The van der Waals surface area contributed by atoms with Gasteiger partial charge >= 0.3 is 0 Å². The van der Waals surface area contributed by atoms with Gasteiger partial charge in [-0.05, 0) is 50.2 Å². The van der Waals surface area contributed by atoms with Crippen LogP contribution in [-0.4, -0.2) is 19.0 Å². The third-order valence-electron chi connectivity index (χ3n) is 4.35. The maximum atomic E-state index is 12.5. The largest absolute Gasteiger partial charge is 0.384 e. The zero-order chi connectivity index (χ0) is 15.3. The average Bonchev–Trinajstić information content (AvgIpc) is 3.24. The Balaban J connectivity index is 2.02. The Morgan fingerprint density at radius 3 is 2.62 bits per heavy atom. The van der Waals surface area contributed by atoms with Crippen molar-refractivity contribution in [2.24, 2.45) is 5.41 Å². The highest BCUT2D eigenvalue weighted by Crippen LogP contribution is 2.48. The summed E-state index contributed by atoms with van der Waals surface area (Å²) in [6.45, 7) is 8.08. The number of aryl methyl sites for hydroxylation is 1. The summed E-state index contributed by atoms with van der Waals surface area (Å²) in [6.07, 6.45) is 5.99. The van der Waals surface area contributed by atoms with Crippen molar-refractivity contribution in [2.45, 2.75) is 52.9 Å². The van der Waals surface area contributed by atoms with Crippen LogP contribution in [0.15, 0.2) is 18.2 Å². The van der Waals surface area contributed by atoms with Crippen LogP contribution in [0.5, 0.6) is 0 Å². The van der Waals surface area contributed by atoms with E-state index < -0.39 is 0 Å². The third kappa shape index (κ3) is 4.23. The van der Waals surface area contributed by atoms with E-state index in [4.69, 9.17) is 0 Å². The Labute approximate surface area is 128 Å². The molecule has 2 N–H and O–H groups in total. The van der Waals surface area contributed by atoms with Crippen LogP contribution in [-0.2, 0) is 0 Å². The summed E-state index contributed by atoms with van der Waals surface area (Å²) in [5.41, 5.74) is 3.23. The Morgan fingerprint density at radius 1 is 1.24 bits per heavy atom. The first-order chi connectivity index (χ1) is 10.1. The Bertz CT molecular complexity index is 492. The van der Waals surface area contributed by atoms with Gasteiger partial charge in [0, 0.05) is 18.8 Å². The van der Waals surface area contributed by atoms with Gasteiger partial charge in [0.05, 0.1) is 5.56 Å². The summed E-state index contributed by atoms with van der Waals surface area (Å²) in [6, 6.07) is 6.04. The summed E-state index contributed by atoms with van der Waals surface area (Å²) in [5.74, 6) is 0.0553. The molecule has 1 aromatic rings. The lowest BCUT2D eigenvalue weighted by atomic mass is 10.0. The lowest BCUT2D eigenvalue weighted by Gasteiger charge is -2.17. The topological polar surface area (TPSA) is 41.1 Å². The van der Waals surface area contributed by atoms with E-state index in [-0.39, 0.29) is 5.91 Å². The summed E-state index contributed by atoms with van der Waals surface area (Å²) in [4.78, 5) is 12.5. The lowest BCUT2D eigenvalue weighted by Crippen LogP contribution is -2.30. The second-order valence-electron chi connectivity index (χ2n) is 6.41. The average molecular weight is 288 g/mol. The molecule has 0 unspecified atom stereocenters. The molecule has 1 aliphatic carbocycles. The fourth-order valence-electron chi connectivity index (χ4n) is 2.85. The van der Waals surface area contributed by atoms with E-state index >= 15 is 0 Å². The highest BCUT2D eigenvalue weighted by Gasteiger charge is 2.41. The molecule has 2 rings (SSSR count). The highest BCUT2D eigenvalue weighted by molar-refractivity contribution is 5.99. The van der Waals surface area contributed by atoms with Crippen LogP contribution in [0.3, 0.4) is 0 Å². The molecule has 0 atom stereocenters. The molecule has 0 spiro atoms. The Morgan fingerprint density at radius 2 is 2.00 bits per heavy atom. The molecule has 1 fully saturated rings. The molecule has 1 aliphatic rings. The smallest absolute Gasteiger partial charge is 0.253 e. The van der Waals surface area contributed by atoms with Crippen LogP contribution < -0.4 is 10.6 Å². The van der Waals surface area contributed by atoms with Gasteiger partial charge in [-0.3, -0.25) is 4.79 Å². The van der Waals surface area contributed by atoms with Gasteiger partial charge in [0.15, 0.2) is 0 Å². The molecule has 1 aromatic carbocycles. The summed E-state index contributed by atoms with van der Waals surface area (Å²) < 4.78 is 0. The second-order valence-corrected chi connectivity index (χ2v) is 6.41. The van der Waals surface area contributed by atoms with Gasteiger partial charge in [-0.1, -0.05) is 31.9 Å². The van der Waals surface area contributed by atoms with Crippen molar-refractivity contribution in [1.82, 2.24) is 5.32 Å². The van der Waals surface area contributed by atoms with Crippen molar-refractivity contribution in [2.75, 3.05) is 18.4 Å². The van der Waals surface area contributed by atoms with Crippen molar-refractivity contribution in [3.05, 3.63) is 29.3 Å². The molecule has 1 amide bonds. The number of carbonyl (C=O) groups is 1. The van der Waals surface area contributed by atoms with Crippen molar-refractivity contribution in [1.29, 1.82) is 0 Å². The third-order valence-corrected chi connectivity index (χ3v) is 4.35. The predicted molar refractivity (Wildman–Crippen MR) is 88.9 cm³/mol. The first kappa shape index (κ1) is 15.9. The quantitative estimate of drug-likeness (QED) is 0.755. The fourth-order valence-corrected chi connectivity index (χ4v) is 2.85. The molecule has 116 valence electrons. The van der Waals surface area contributed by atoms with Crippen molar-refractivity contribution >= 4 is 11.6 Å². The molecule has 0 bridgehead atoms. The zero-order valence-electron chi connectivity index (χ0n) is 13.6. The highest BCUT2D eigenvalue weighted by atomic mass is 16.1. The molecular formula is C18H28N2O. The van der Waals surface area contributed by atoms with Gasteiger partial charge in [0.2, 0.25) is 0 Å². The number of anilines is 1. The summed E-state index contributed by atoms with van der Waals surface area (Å²) >= 11 is 0. The first-order valence-corrected chi connectivity index (χ1v) is 8.23. The van der Waals surface area contributed by atoms with Crippen LogP contribution in [0.4, 0.5) is 5.69 Å². The van der Waals surface area contributed by atoms with E-state index in [1.54, 1.807) is 0 Å². The monoisotopic (exact) mass is 288 g/mol. The second kappa shape index (κ2) is 6.97. The van der Waals surface area contributed by atoms with E-state index in [0.29, 0.717) is 5.41 Å². The number of rotatable bonds is 8. The number of carbonyl (C=O) groups excluding carboxylic acids is 1. The molecule has 0 aromatic heterocycles. The SMILES string of the molecule is CCCNc1ccc(C)cc1C(=O)NCC1(CCC)CC1. The zero-order valence-corrected chi connectivity index (χ0v) is 13.6. The van der Waals surface area contributed by atoms with Gasteiger partial charge in [-0.25, -0.2) is 0 Å². The molecule has 0 radical (unpaired) electrons. The Kier molecular flexibility index (Phi) is 5.27. The van der Waals surface area contributed by atoms with Crippen molar-refractivity contribution in [3.63, 3.8) is 0 Å². The van der Waals surface area contributed by atoms with Crippen LogP contribution >= 0.6 is 0 Å². The number of benzene rings is 1. The van der Waals surface area contributed by atoms with E-state index in [9.17, 15) is 4.79 Å². The predicted octanol–water partition coefficient (Wildman–Crippen LogP) is 4.13. The molecule has 3 heteroatoms. The number of hydrogen-bond donors (Lipinski definition) is 2. The molecule has 0 heterocycles. The lowest BCUT2D eigenvalue weighted by molar-refractivity contribution is 0.0944. The minimum absolute atomic E-state index is 0.0553. The van der Waals surface area contributed by atoms with Gasteiger partial charge in [-0.2, -0.15) is 0 Å². The molecule has 0 aliphatic heterocycles. The number of amides is 1. The molecule has 21 heavy (non-hydrogen) atoms. The maximum Gasteiger partial charge on any atom is 0.253 e. The molecule has 3 nitrogen and oxygen atoms in total. The van der Waals surface area contributed by atoms with Crippen LogP contribution in [0.2, 0.25) is 0 Å². The van der Waals surface area contributed by atoms with Crippen LogP contribution in [0.1, 0.15) is 61.9 Å². The van der Waals surface area contributed by atoms with E-state index in [2.05, 4.69) is 24.5 Å². The standard InChI is InChI=1S/C18H28N2O/c1-4-8-18(9-10-18)13-20-17(21)15-12-14(3)6-7-16(15)19-11-5-2/h6-7,12,19H,4-5,8-11,13H2,1-3H3,(H,20,21). The number of hydrogen-bond acceptors (Lipinski definition) is 2. The molecule has 1 saturated carbocycles.